The van der Waals surface area contributed by atoms with Gasteiger partial charge in [-0.1, -0.05) is 11.2 Å². The lowest BCUT2D eigenvalue weighted by molar-refractivity contribution is 0.0265. The second-order valence-electron chi connectivity index (χ2n) is 5.77. The molecule has 0 spiro atoms. The number of esters is 1. The molecule has 0 saturated heterocycles. The number of sulfonamides is 1. The summed E-state index contributed by atoms with van der Waals surface area (Å²) in [5.41, 5.74) is 1.13. The largest absolute Gasteiger partial charge is 0.449 e. The smallest absolute Gasteiger partial charge is 0.338 e. The Morgan fingerprint density at radius 2 is 2.07 bits per heavy atom. The first-order chi connectivity index (χ1) is 12.8. The van der Waals surface area contributed by atoms with Gasteiger partial charge in [0.05, 0.1) is 10.5 Å². The number of benzene rings is 1. The molecule has 2 heterocycles. The lowest BCUT2D eigenvalue weighted by Gasteiger charge is -2.10. The minimum atomic E-state index is -3.95. The number of hydrogen-bond donors (Lipinski definition) is 1. The Morgan fingerprint density at radius 1 is 1.30 bits per heavy atom. The lowest BCUT2D eigenvalue weighted by atomic mass is 10.1. The van der Waals surface area contributed by atoms with Crippen LogP contribution < -0.4 is 5.14 Å². The van der Waals surface area contributed by atoms with Crippen molar-refractivity contribution in [3.63, 3.8) is 0 Å². The molecule has 2 N–H and O–H groups in total. The molecule has 0 saturated carbocycles. The monoisotopic (exact) mass is 388 g/mol. The Kier molecular flexibility index (Phi) is 5.02. The Labute approximate surface area is 155 Å². The number of carbonyl (C=O) groups excluding carboxylic acids is 1. The first-order valence-electron chi connectivity index (χ1n) is 7.84. The van der Waals surface area contributed by atoms with Crippen molar-refractivity contribution in [2.45, 2.75) is 24.8 Å². The molecule has 1 atom stereocenters. The summed E-state index contributed by atoms with van der Waals surface area (Å²) >= 11 is 0. The highest BCUT2D eigenvalue weighted by atomic mass is 32.2. The molecule has 0 aliphatic heterocycles. The van der Waals surface area contributed by atoms with Crippen molar-refractivity contribution in [1.82, 2.24) is 15.1 Å². The minimum Gasteiger partial charge on any atom is -0.449 e. The molecule has 27 heavy (non-hydrogen) atoms. The Bertz CT molecular complexity index is 1080. The fraction of sp³-hybridized carbons (Fsp3) is 0.176. The maximum absolute atomic E-state index is 12.3. The standard InChI is InChI=1S/C17H16N4O5S/c1-10-5-6-12(8-14(10)27(18,23)24)17(22)25-11(2)16-20-15(21-26-16)13-4-3-7-19-9-13/h3-9,11H,1-2H3,(H2,18,23,24). The molecule has 0 amide bonds. The second-order valence-corrected chi connectivity index (χ2v) is 7.30. The SMILES string of the molecule is Cc1ccc(C(=O)OC(C)c2nc(-c3cccnc3)no2)cc1S(N)(=O)=O. The summed E-state index contributed by atoms with van der Waals surface area (Å²) in [4.78, 5) is 20.4. The van der Waals surface area contributed by atoms with E-state index in [1.54, 1.807) is 38.4 Å². The number of rotatable bonds is 5. The van der Waals surface area contributed by atoms with E-state index >= 15 is 0 Å². The maximum atomic E-state index is 12.3. The molecule has 0 aliphatic carbocycles. The number of ether oxygens (including phenoxy) is 1. The van der Waals surface area contributed by atoms with Gasteiger partial charge in [0.2, 0.25) is 15.8 Å². The summed E-state index contributed by atoms with van der Waals surface area (Å²) in [7, 11) is -3.95. The molecule has 0 aliphatic rings. The van der Waals surface area contributed by atoms with Gasteiger partial charge in [-0.15, -0.1) is 0 Å². The van der Waals surface area contributed by atoms with Gasteiger partial charge in [-0.05, 0) is 43.7 Å². The molecule has 9 nitrogen and oxygen atoms in total. The average molecular weight is 388 g/mol. The van der Waals surface area contributed by atoms with Crippen LogP contribution in [0.1, 0.15) is 34.8 Å². The molecular formula is C17H16N4O5S. The van der Waals surface area contributed by atoms with Crippen LogP contribution in [0.5, 0.6) is 0 Å². The first kappa shape index (κ1) is 18.7. The Balaban J connectivity index is 1.78. The van der Waals surface area contributed by atoms with Crippen molar-refractivity contribution >= 4 is 16.0 Å². The summed E-state index contributed by atoms with van der Waals surface area (Å²) in [6.45, 7) is 3.14. The van der Waals surface area contributed by atoms with Gasteiger partial charge in [0.15, 0.2) is 6.10 Å². The molecule has 10 heteroatoms. The third-order valence-corrected chi connectivity index (χ3v) is 4.78. The number of nitrogens with two attached hydrogens (primary N) is 1. The fourth-order valence-electron chi connectivity index (χ4n) is 2.33. The maximum Gasteiger partial charge on any atom is 0.338 e. The number of hydrogen-bond acceptors (Lipinski definition) is 8. The molecule has 0 radical (unpaired) electrons. The fourth-order valence-corrected chi connectivity index (χ4v) is 3.13. The van der Waals surface area contributed by atoms with Crippen LogP contribution in [-0.2, 0) is 14.8 Å². The molecule has 0 bridgehead atoms. The van der Waals surface area contributed by atoms with Gasteiger partial charge in [-0.2, -0.15) is 4.98 Å². The molecule has 3 rings (SSSR count). The van der Waals surface area contributed by atoms with Gasteiger partial charge in [-0.3, -0.25) is 4.98 Å². The number of pyridine rings is 1. The number of aryl methyl sites for hydroxylation is 1. The topological polar surface area (TPSA) is 138 Å². The zero-order valence-electron chi connectivity index (χ0n) is 14.5. The van der Waals surface area contributed by atoms with Gasteiger partial charge >= 0.3 is 5.97 Å². The summed E-state index contributed by atoms with van der Waals surface area (Å²) in [6.07, 6.45) is 2.35. The van der Waals surface area contributed by atoms with E-state index in [4.69, 9.17) is 14.4 Å². The average Bonchev–Trinajstić information content (AvgIpc) is 3.12. The summed E-state index contributed by atoms with van der Waals surface area (Å²) in [5, 5.41) is 8.99. The third-order valence-electron chi connectivity index (χ3n) is 3.72. The highest BCUT2D eigenvalue weighted by Crippen LogP contribution is 2.22. The van der Waals surface area contributed by atoms with Crippen LogP contribution in [0.4, 0.5) is 0 Å². The molecule has 1 unspecified atom stereocenters. The van der Waals surface area contributed by atoms with Crippen molar-refractivity contribution in [2.75, 3.05) is 0 Å². The molecule has 0 fully saturated rings. The summed E-state index contributed by atoms with van der Waals surface area (Å²) in [6, 6.07) is 7.60. The van der Waals surface area contributed by atoms with Crippen LogP contribution in [0.25, 0.3) is 11.4 Å². The van der Waals surface area contributed by atoms with E-state index in [2.05, 4.69) is 15.1 Å². The number of primary sulfonamides is 1. The van der Waals surface area contributed by atoms with Gasteiger partial charge in [0.1, 0.15) is 0 Å². The predicted octanol–water partition coefficient (Wildman–Crippen LogP) is 2.01. The van der Waals surface area contributed by atoms with E-state index in [0.717, 1.165) is 0 Å². The van der Waals surface area contributed by atoms with Crippen molar-refractivity contribution in [3.05, 3.63) is 59.7 Å². The Morgan fingerprint density at radius 3 is 2.74 bits per heavy atom. The minimum absolute atomic E-state index is 0.0449. The van der Waals surface area contributed by atoms with Crippen LogP contribution in [0.3, 0.4) is 0 Å². The van der Waals surface area contributed by atoms with E-state index in [0.29, 0.717) is 17.0 Å². The molecule has 3 aromatic rings. The lowest BCUT2D eigenvalue weighted by Crippen LogP contribution is -2.16. The molecule has 140 valence electrons. The van der Waals surface area contributed by atoms with Crippen LogP contribution in [0.2, 0.25) is 0 Å². The number of carbonyl (C=O) groups is 1. The van der Waals surface area contributed by atoms with Gasteiger partial charge in [0, 0.05) is 18.0 Å². The highest BCUT2D eigenvalue weighted by molar-refractivity contribution is 7.89. The molecular weight excluding hydrogens is 372 g/mol. The van der Waals surface area contributed by atoms with Crippen LogP contribution in [0, 0.1) is 6.92 Å². The number of aromatic nitrogens is 3. The van der Waals surface area contributed by atoms with Crippen molar-refractivity contribution < 1.29 is 22.5 Å². The van der Waals surface area contributed by atoms with Crippen LogP contribution in [-0.4, -0.2) is 29.5 Å². The zero-order chi connectivity index (χ0) is 19.6. The van der Waals surface area contributed by atoms with Gasteiger partial charge in [0.25, 0.3) is 5.89 Å². The van der Waals surface area contributed by atoms with Crippen molar-refractivity contribution in [3.8, 4) is 11.4 Å². The first-order valence-corrected chi connectivity index (χ1v) is 9.39. The summed E-state index contributed by atoms with van der Waals surface area (Å²) in [5.74, 6) is -0.331. The van der Waals surface area contributed by atoms with E-state index in [1.807, 2.05) is 0 Å². The number of nitrogens with zero attached hydrogens (tertiary/aromatic N) is 3. The quantitative estimate of drug-likeness (QED) is 0.655. The van der Waals surface area contributed by atoms with Crippen molar-refractivity contribution in [1.29, 1.82) is 0 Å². The Hall–Kier alpha value is -3.11. The predicted molar refractivity (Wildman–Crippen MR) is 93.9 cm³/mol. The highest BCUT2D eigenvalue weighted by Gasteiger charge is 2.22. The van der Waals surface area contributed by atoms with E-state index in [1.165, 1.54) is 18.2 Å². The zero-order valence-corrected chi connectivity index (χ0v) is 15.3. The van der Waals surface area contributed by atoms with Crippen molar-refractivity contribution in [2.24, 2.45) is 5.14 Å². The van der Waals surface area contributed by atoms with Crippen LogP contribution in [0.15, 0.2) is 52.1 Å². The van der Waals surface area contributed by atoms with Crippen LogP contribution >= 0.6 is 0 Å². The summed E-state index contributed by atoms with van der Waals surface area (Å²) < 4.78 is 33.6. The third kappa shape index (κ3) is 4.18. The van der Waals surface area contributed by atoms with E-state index in [9.17, 15) is 13.2 Å². The van der Waals surface area contributed by atoms with E-state index in [-0.39, 0.29) is 16.3 Å². The van der Waals surface area contributed by atoms with E-state index < -0.39 is 22.1 Å². The normalized spacial score (nSPS) is 12.6. The van der Waals surface area contributed by atoms with Gasteiger partial charge in [-0.25, -0.2) is 18.4 Å². The molecule has 2 aromatic heterocycles. The van der Waals surface area contributed by atoms with Gasteiger partial charge < -0.3 is 9.26 Å². The second kappa shape index (κ2) is 7.25. The molecule has 1 aromatic carbocycles.